The molecule has 1 saturated heterocycles. The summed E-state index contributed by atoms with van der Waals surface area (Å²) in [5, 5.41) is 0. The van der Waals surface area contributed by atoms with Gasteiger partial charge in [-0.05, 0) is 0 Å². The molecule has 1 aliphatic rings. The van der Waals surface area contributed by atoms with Gasteiger partial charge in [0, 0.05) is 45.9 Å². The molecule has 1 fully saturated rings. The van der Waals surface area contributed by atoms with Crippen molar-refractivity contribution in [3.8, 4) is 5.75 Å². The van der Waals surface area contributed by atoms with E-state index >= 15 is 0 Å². The lowest BCUT2D eigenvalue weighted by atomic mass is 10.2. The Morgan fingerprint density at radius 2 is 2.00 bits per heavy atom. The normalized spacial score (nSPS) is 16.0. The highest BCUT2D eigenvalue weighted by molar-refractivity contribution is 5.91. The fourth-order valence-electron chi connectivity index (χ4n) is 2.21. The fraction of sp³-hybridized carbons (Fsp3) is 0.571. The van der Waals surface area contributed by atoms with Crippen LogP contribution in [0, 0.1) is 0 Å². The lowest BCUT2D eigenvalue weighted by molar-refractivity contribution is 0.0563. The Labute approximate surface area is 123 Å². The van der Waals surface area contributed by atoms with E-state index in [2.05, 4.69) is 4.90 Å². The second-order valence-corrected chi connectivity index (χ2v) is 4.80. The van der Waals surface area contributed by atoms with Crippen LogP contribution in [-0.4, -0.2) is 69.3 Å². The van der Waals surface area contributed by atoms with Gasteiger partial charge in [0.2, 0.25) is 11.2 Å². The molecule has 7 nitrogen and oxygen atoms in total. The standard InChI is InChI=1S/C14H20N2O5/c1-19-8-7-15-3-5-16(6-4-15)14(18)12-9-11(17)13(20-2)10-21-12/h9-10H,3-8H2,1-2H3. The largest absolute Gasteiger partial charge is 0.490 e. The Morgan fingerprint density at radius 1 is 1.29 bits per heavy atom. The maximum absolute atomic E-state index is 12.3. The quantitative estimate of drug-likeness (QED) is 0.764. The van der Waals surface area contributed by atoms with E-state index < -0.39 is 0 Å². The predicted molar refractivity (Wildman–Crippen MR) is 75.7 cm³/mol. The number of hydrogen-bond donors (Lipinski definition) is 0. The summed E-state index contributed by atoms with van der Waals surface area (Å²) in [6.07, 6.45) is 1.17. The summed E-state index contributed by atoms with van der Waals surface area (Å²) in [6.45, 7) is 4.33. The number of piperazine rings is 1. The summed E-state index contributed by atoms with van der Waals surface area (Å²) in [6, 6.07) is 1.18. The van der Waals surface area contributed by atoms with Crippen LogP contribution < -0.4 is 10.2 Å². The number of rotatable bonds is 5. The molecule has 0 spiro atoms. The molecule has 0 aromatic carbocycles. The molecule has 21 heavy (non-hydrogen) atoms. The van der Waals surface area contributed by atoms with Gasteiger partial charge in [0.25, 0.3) is 5.91 Å². The van der Waals surface area contributed by atoms with Gasteiger partial charge in [-0.1, -0.05) is 0 Å². The number of carbonyl (C=O) groups excluding carboxylic acids is 1. The Bertz CT molecular complexity index is 534. The van der Waals surface area contributed by atoms with Crippen LogP contribution in [0.3, 0.4) is 0 Å². The molecule has 0 radical (unpaired) electrons. The molecule has 7 heteroatoms. The Hall–Kier alpha value is -1.86. The zero-order chi connectivity index (χ0) is 15.2. The van der Waals surface area contributed by atoms with Gasteiger partial charge in [-0.3, -0.25) is 14.5 Å². The number of amides is 1. The fourth-order valence-corrected chi connectivity index (χ4v) is 2.21. The van der Waals surface area contributed by atoms with Crippen LogP contribution in [0.4, 0.5) is 0 Å². The van der Waals surface area contributed by atoms with E-state index in [4.69, 9.17) is 13.9 Å². The average molecular weight is 296 g/mol. The van der Waals surface area contributed by atoms with Crippen LogP contribution in [0.1, 0.15) is 10.6 Å². The Kier molecular flexibility index (Phi) is 5.35. The molecule has 1 amide bonds. The molecule has 0 bridgehead atoms. The number of ether oxygens (including phenoxy) is 2. The van der Waals surface area contributed by atoms with Crippen LogP contribution in [0.5, 0.6) is 5.75 Å². The van der Waals surface area contributed by atoms with Gasteiger partial charge in [0.1, 0.15) is 6.26 Å². The Morgan fingerprint density at radius 3 is 2.57 bits per heavy atom. The molecule has 0 atom stereocenters. The van der Waals surface area contributed by atoms with Gasteiger partial charge >= 0.3 is 0 Å². The monoisotopic (exact) mass is 296 g/mol. The van der Waals surface area contributed by atoms with Crippen molar-refractivity contribution in [1.82, 2.24) is 9.80 Å². The molecule has 2 rings (SSSR count). The molecule has 0 saturated carbocycles. The second kappa shape index (κ2) is 7.24. The molecule has 0 aliphatic carbocycles. The molecule has 2 heterocycles. The molecule has 1 aromatic heterocycles. The molecule has 116 valence electrons. The summed E-state index contributed by atoms with van der Waals surface area (Å²) in [5.74, 6) is -0.122. The summed E-state index contributed by atoms with van der Waals surface area (Å²) < 4.78 is 15.1. The molecule has 1 aromatic rings. The molecule has 0 unspecified atom stereocenters. The Balaban J connectivity index is 1.95. The maximum Gasteiger partial charge on any atom is 0.289 e. The van der Waals surface area contributed by atoms with Gasteiger partial charge in [-0.15, -0.1) is 0 Å². The summed E-state index contributed by atoms with van der Waals surface area (Å²) >= 11 is 0. The first-order valence-corrected chi connectivity index (χ1v) is 6.83. The van der Waals surface area contributed by atoms with Gasteiger partial charge < -0.3 is 18.8 Å². The van der Waals surface area contributed by atoms with Crippen LogP contribution >= 0.6 is 0 Å². The number of carbonyl (C=O) groups is 1. The van der Waals surface area contributed by atoms with Gasteiger partial charge in [-0.2, -0.15) is 0 Å². The topological polar surface area (TPSA) is 72.2 Å². The smallest absolute Gasteiger partial charge is 0.289 e. The average Bonchev–Trinajstić information content (AvgIpc) is 2.52. The molecular formula is C14H20N2O5. The van der Waals surface area contributed by atoms with Crippen molar-refractivity contribution in [2.45, 2.75) is 0 Å². The van der Waals surface area contributed by atoms with Crippen molar-refractivity contribution >= 4 is 5.91 Å². The first-order chi connectivity index (χ1) is 10.2. The van der Waals surface area contributed by atoms with E-state index in [-0.39, 0.29) is 22.8 Å². The van der Waals surface area contributed by atoms with Crippen LogP contribution in [0.25, 0.3) is 0 Å². The molecular weight excluding hydrogens is 276 g/mol. The zero-order valence-corrected chi connectivity index (χ0v) is 12.3. The van der Waals surface area contributed by atoms with Crippen LogP contribution in [0.2, 0.25) is 0 Å². The van der Waals surface area contributed by atoms with E-state index in [1.165, 1.54) is 19.4 Å². The minimum absolute atomic E-state index is 0.0474. The zero-order valence-electron chi connectivity index (χ0n) is 12.3. The lowest BCUT2D eigenvalue weighted by Gasteiger charge is -2.34. The van der Waals surface area contributed by atoms with E-state index in [0.717, 1.165) is 19.6 Å². The van der Waals surface area contributed by atoms with E-state index in [1.54, 1.807) is 12.0 Å². The summed E-state index contributed by atoms with van der Waals surface area (Å²) in [5.41, 5.74) is -0.356. The minimum Gasteiger partial charge on any atom is -0.490 e. The lowest BCUT2D eigenvalue weighted by Crippen LogP contribution is -2.49. The maximum atomic E-state index is 12.3. The molecule has 1 aliphatic heterocycles. The van der Waals surface area contributed by atoms with Gasteiger partial charge in [-0.25, -0.2) is 0 Å². The van der Waals surface area contributed by atoms with Crippen molar-refractivity contribution in [2.75, 3.05) is 53.6 Å². The number of hydrogen-bond acceptors (Lipinski definition) is 6. The third-order valence-electron chi connectivity index (χ3n) is 3.50. The third-order valence-corrected chi connectivity index (χ3v) is 3.50. The van der Waals surface area contributed by atoms with Gasteiger partial charge in [0.05, 0.1) is 13.7 Å². The van der Waals surface area contributed by atoms with Crippen molar-refractivity contribution in [2.24, 2.45) is 0 Å². The first kappa shape index (κ1) is 15.5. The molecule has 0 N–H and O–H groups in total. The van der Waals surface area contributed by atoms with Crippen LogP contribution in [0.15, 0.2) is 21.5 Å². The number of methoxy groups -OCH3 is 2. The highest BCUT2D eigenvalue weighted by Crippen LogP contribution is 2.10. The summed E-state index contributed by atoms with van der Waals surface area (Å²) in [4.78, 5) is 27.9. The second-order valence-electron chi connectivity index (χ2n) is 4.80. The van der Waals surface area contributed by atoms with Gasteiger partial charge in [0.15, 0.2) is 5.76 Å². The van der Waals surface area contributed by atoms with Crippen molar-refractivity contribution in [3.05, 3.63) is 28.3 Å². The SMILES string of the molecule is COCCN1CCN(C(=O)c2cc(=O)c(OC)co2)CC1. The van der Waals surface area contributed by atoms with Crippen LogP contribution in [-0.2, 0) is 4.74 Å². The highest BCUT2D eigenvalue weighted by Gasteiger charge is 2.24. The first-order valence-electron chi connectivity index (χ1n) is 6.83. The summed E-state index contributed by atoms with van der Waals surface area (Å²) in [7, 11) is 3.05. The van der Waals surface area contributed by atoms with E-state index in [9.17, 15) is 9.59 Å². The predicted octanol–water partition coefficient (Wildman–Crippen LogP) is 0.0526. The van der Waals surface area contributed by atoms with Crippen molar-refractivity contribution in [1.29, 1.82) is 0 Å². The third kappa shape index (κ3) is 3.83. The minimum atomic E-state index is -0.356. The highest BCUT2D eigenvalue weighted by atomic mass is 16.5. The van der Waals surface area contributed by atoms with E-state index in [1.807, 2.05) is 0 Å². The van der Waals surface area contributed by atoms with Crippen molar-refractivity contribution in [3.63, 3.8) is 0 Å². The van der Waals surface area contributed by atoms with Crippen molar-refractivity contribution < 1.29 is 18.7 Å². The van der Waals surface area contributed by atoms with E-state index in [0.29, 0.717) is 19.7 Å². The number of nitrogens with zero attached hydrogens (tertiary/aromatic N) is 2.